The molecule has 1 aliphatic carbocycles. The molecule has 1 unspecified atom stereocenters. The van der Waals surface area contributed by atoms with Crippen LogP contribution < -0.4 is 0 Å². The Hall–Kier alpha value is -1.35. The van der Waals surface area contributed by atoms with Gasteiger partial charge < -0.3 is 4.74 Å². The van der Waals surface area contributed by atoms with Gasteiger partial charge in [-0.2, -0.15) is 0 Å². The van der Waals surface area contributed by atoms with Crippen molar-refractivity contribution in [2.75, 3.05) is 14.2 Å². The van der Waals surface area contributed by atoms with Gasteiger partial charge in [0.05, 0.1) is 7.11 Å². The highest BCUT2D eigenvalue weighted by Crippen LogP contribution is 2.33. The van der Waals surface area contributed by atoms with E-state index in [0.717, 1.165) is 5.56 Å². The first-order valence-corrected chi connectivity index (χ1v) is 6.00. The van der Waals surface area contributed by atoms with Crippen molar-refractivity contribution in [1.29, 1.82) is 0 Å². The Kier molecular flexibility index (Phi) is 3.48. The first kappa shape index (κ1) is 12.1. The molecule has 1 aromatic rings. The Morgan fingerprint density at radius 3 is 2.41 bits per heavy atom. The molecule has 1 aliphatic rings. The van der Waals surface area contributed by atoms with Crippen LogP contribution >= 0.6 is 0 Å². The molecule has 3 heteroatoms. The van der Waals surface area contributed by atoms with Crippen molar-refractivity contribution < 1.29 is 9.53 Å². The van der Waals surface area contributed by atoms with Gasteiger partial charge in [-0.15, -0.1) is 0 Å². The average molecular weight is 233 g/mol. The zero-order valence-corrected chi connectivity index (χ0v) is 10.6. The van der Waals surface area contributed by atoms with Crippen molar-refractivity contribution in [2.24, 2.45) is 0 Å². The predicted octanol–water partition coefficient (Wildman–Crippen LogP) is 2.30. The fourth-order valence-corrected chi connectivity index (χ4v) is 2.09. The van der Waals surface area contributed by atoms with Crippen molar-refractivity contribution in [2.45, 2.75) is 31.8 Å². The van der Waals surface area contributed by atoms with Gasteiger partial charge in [0.2, 0.25) is 0 Å². The van der Waals surface area contributed by atoms with Crippen LogP contribution in [0.2, 0.25) is 0 Å². The van der Waals surface area contributed by atoms with Crippen LogP contribution in [0.1, 0.15) is 30.0 Å². The first-order valence-electron chi connectivity index (χ1n) is 6.00. The van der Waals surface area contributed by atoms with Gasteiger partial charge in [0.1, 0.15) is 6.04 Å². The second-order valence-electron chi connectivity index (χ2n) is 4.73. The number of carbonyl (C=O) groups is 1. The third-order valence-corrected chi connectivity index (χ3v) is 3.35. The Morgan fingerprint density at radius 1 is 1.35 bits per heavy atom. The van der Waals surface area contributed by atoms with E-state index >= 15 is 0 Å². The zero-order valence-electron chi connectivity index (χ0n) is 10.6. The van der Waals surface area contributed by atoms with E-state index in [1.807, 2.05) is 38.2 Å². The SMILES string of the molecule is COC(=O)C(c1ccc(C)cc1)N(C)C1CC1. The largest absolute Gasteiger partial charge is 0.468 e. The molecule has 0 amide bonds. The maximum atomic E-state index is 11.9. The van der Waals surface area contributed by atoms with Crippen LogP contribution in [-0.4, -0.2) is 31.1 Å². The molecular weight excluding hydrogens is 214 g/mol. The van der Waals surface area contributed by atoms with Gasteiger partial charge >= 0.3 is 5.97 Å². The van der Waals surface area contributed by atoms with Crippen LogP contribution in [0.5, 0.6) is 0 Å². The Labute approximate surface area is 102 Å². The van der Waals surface area contributed by atoms with E-state index in [9.17, 15) is 4.79 Å². The fourth-order valence-electron chi connectivity index (χ4n) is 2.09. The quantitative estimate of drug-likeness (QED) is 0.747. The van der Waals surface area contributed by atoms with Crippen LogP contribution in [0, 0.1) is 6.92 Å². The number of nitrogens with zero attached hydrogens (tertiary/aromatic N) is 1. The number of ether oxygens (including phenoxy) is 1. The molecule has 1 atom stereocenters. The maximum Gasteiger partial charge on any atom is 0.327 e. The minimum atomic E-state index is -0.270. The molecule has 2 rings (SSSR count). The van der Waals surface area contributed by atoms with Crippen molar-refractivity contribution in [1.82, 2.24) is 4.90 Å². The minimum Gasteiger partial charge on any atom is -0.468 e. The summed E-state index contributed by atoms with van der Waals surface area (Å²) in [6, 6.07) is 8.34. The van der Waals surface area contributed by atoms with Crippen molar-refractivity contribution >= 4 is 5.97 Å². The van der Waals surface area contributed by atoms with Gasteiger partial charge in [-0.25, -0.2) is 4.79 Å². The highest BCUT2D eigenvalue weighted by molar-refractivity contribution is 5.77. The van der Waals surface area contributed by atoms with E-state index in [1.54, 1.807) is 0 Å². The summed E-state index contributed by atoms with van der Waals surface area (Å²) < 4.78 is 4.92. The van der Waals surface area contributed by atoms with Gasteiger partial charge in [-0.1, -0.05) is 29.8 Å². The van der Waals surface area contributed by atoms with E-state index in [4.69, 9.17) is 4.74 Å². The second kappa shape index (κ2) is 4.88. The lowest BCUT2D eigenvalue weighted by Crippen LogP contribution is -2.33. The third-order valence-electron chi connectivity index (χ3n) is 3.35. The lowest BCUT2D eigenvalue weighted by molar-refractivity contribution is -0.147. The molecule has 0 aromatic heterocycles. The molecule has 3 nitrogen and oxygen atoms in total. The molecule has 1 saturated carbocycles. The Bertz CT molecular complexity index is 395. The lowest BCUT2D eigenvalue weighted by atomic mass is 10.0. The Morgan fingerprint density at radius 2 is 1.94 bits per heavy atom. The fraction of sp³-hybridized carbons (Fsp3) is 0.500. The number of methoxy groups -OCH3 is 1. The molecule has 0 heterocycles. The van der Waals surface area contributed by atoms with E-state index < -0.39 is 0 Å². The minimum absolute atomic E-state index is 0.178. The normalized spacial score (nSPS) is 16.9. The van der Waals surface area contributed by atoms with E-state index in [2.05, 4.69) is 4.90 Å². The molecule has 0 spiro atoms. The van der Waals surface area contributed by atoms with Crippen molar-refractivity contribution in [3.05, 3.63) is 35.4 Å². The summed E-state index contributed by atoms with van der Waals surface area (Å²) in [7, 11) is 3.45. The van der Waals surface area contributed by atoms with Gasteiger partial charge in [0.15, 0.2) is 0 Å². The number of likely N-dealkylation sites (N-methyl/N-ethyl adjacent to an activating group) is 1. The van der Waals surface area contributed by atoms with Crippen LogP contribution in [0.15, 0.2) is 24.3 Å². The van der Waals surface area contributed by atoms with Gasteiger partial charge in [-0.3, -0.25) is 4.90 Å². The number of rotatable bonds is 4. The summed E-state index contributed by atoms with van der Waals surface area (Å²) in [5.74, 6) is -0.178. The molecule has 1 fully saturated rings. The number of hydrogen-bond acceptors (Lipinski definition) is 3. The zero-order chi connectivity index (χ0) is 12.4. The number of hydrogen-bond donors (Lipinski definition) is 0. The van der Waals surface area contributed by atoms with Gasteiger partial charge in [0, 0.05) is 6.04 Å². The third kappa shape index (κ3) is 2.67. The van der Waals surface area contributed by atoms with E-state index in [0.29, 0.717) is 6.04 Å². The number of aryl methyl sites for hydroxylation is 1. The van der Waals surface area contributed by atoms with E-state index in [-0.39, 0.29) is 12.0 Å². The summed E-state index contributed by atoms with van der Waals surface area (Å²) in [4.78, 5) is 14.0. The molecule has 0 bridgehead atoms. The van der Waals surface area contributed by atoms with Crippen LogP contribution in [0.25, 0.3) is 0 Å². The van der Waals surface area contributed by atoms with Crippen LogP contribution in [0.4, 0.5) is 0 Å². The highest BCUT2D eigenvalue weighted by atomic mass is 16.5. The van der Waals surface area contributed by atoms with Crippen molar-refractivity contribution in [3.63, 3.8) is 0 Å². The highest BCUT2D eigenvalue weighted by Gasteiger charge is 2.36. The number of esters is 1. The number of benzene rings is 1. The summed E-state index contributed by atoms with van der Waals surface area (Å²) in [5.41, 5.74) is 2.21. The predicted molar refractivity (Wildman–Crippen MR) is 66.7 cm³/mol. The molecule has 0 N–H and O–H groups in total. The number of carbonyl (C=O) groups excluding carboxylic acids is 1. The first-order chi connectivity index (χ1) is 8.13. The second-order valence-corrected chi connectivity index (χ2v) is 4.73. The van der Waals surface area contributed by atoms with E-state index in [1.165, 1.54) is 25.5 Å². The molecular formula is C14H19NO2. The molecule has 17 heavy (non-hydrogen) atoms. The molecule has 0 aliphatic heterocycles. The molecule has 0 saturated heterocycles. The topological polar surface area (TPSA) is 29.5 Å². The molecule has 1 aromatic carbocycles. The average Bonchev–Trinajstić information content (AvgIpc) is 3.15. The van der Waals surface area contributed by atoms with Gasteiger partial charge in [-0.05, 0) is 32.4 Å². The summed E-state index contributed by atoms with van der Waals surface area (Å²) in [6.07, 6.45) is 2.35. The van der Waals surface area contributed by atoms with Crippen LogP contribution in [-0.2, 0) is 9.53 Å². The standard InChI is InChI=1S/C14H19NO2/c1-10-4-6-11(7-5-10)13(14(16)17-3)15(2)12-8-9-12/h4-7,12-13H,8-9H2,1-3H3. The smallest absolute Gasteiger partial charge is 0.327 e. The molecule has 0 radical (unpaired) electrons. The van der Waals surface area contributed by atoms with Crippen molar-refractivity contribution in [3.8, 4) is 0 Å². The summed E-state index contributed by atoms with van der Waals surface area (Å²) in [6.45, 7) is 2.04. The summed E-state index contributed by atoms with van der Waals surface area (Å²) in [5, 5.41) is 0. The van der Waals surface area contributed by atoms with Crippen LogP contribution in [0.3, 0.4) is 0 Å². The monoisotopic (exact) mass is 233 g/mol. The lowest BCUT2D eigenvalue weighted by Gasteiger charge is -2.26. The van der Waals surface area contributed by atoms with Gasteiger partial charge in [0.25, 0.3) is 0 Å². The molecule has 92 valence electrons. The summed E-state index contributed by atoms with van der Waals surface area (Å²) >= 11 is 0. The Balaban J connectivity index is 2.25. The maximum absolute atomic E-state index is 11.9.